The van der Waals surface area contributed by atoms with Crippen LogP contribution in [0.3, 0.4) is 0 Å². The molecule has 0 bridgehead atoms. The number of aromatic amines is 1. The van der Waals surface area contributed by atoms with Crippen LogP contribution in [0.25, 0.3) is 10.2 Å². The van der Waals surface area contributed by atoms with Gasteiger partial charge in [-0.2, -0.15) is 0 Å². The molecule has 0 saturated carbocycles. The molecule has 2 N–H and O–H groups in total. The van der Waals surface area contributed by atoms with Gasteiger partial charge >= 0.3 is 5.97 Å². The van der Waals surface area contributed by atoms with Crippen molar-refractivity contribution in [3.63, 3.8) is 0 Å². The number of fused-ring (bicyclic) bond motifs is 1. The van der Waals surface area contributed by atoms with Crippen molar-refractivity contribution in [3.05, 3.63) is 26.6 Å². The number of H-pyrrole nitrogens is 1. The zero-order chi connectivity index (χ0) is 20.4. The van der Waals surface area contributed by atoms with Gasteiger partial charge in [0.1, 0.15) is 15.5 Å². The molecule has 2 aromatic rings. The van der Waals surface area contributed by atoms with Crippen LogP contribution >= 0.6 is 11.3 Å². The molecule has 0 spiro atoms. The molecule has 0 fully saturated rings. The minimum Gasteiger partial charge on any atom is -0.465 e. The zero-order valence-electron chi connectivity index (χ0n) is 16.6. The predicted molar refractivity (Wildman–Crippen MR) is 105 cm³/mol. The second-order valence-corrected chi connectivity index (χ2v) is 8.34. The third-order valence-electron chi connectivity index (χ3n) is 3.92. The fraction of sp³-hybridized carbons (Fsp3) is 0.556. The number of aromatic nitrogens is 2. The van der Waals surface area contributed by atoms with Crippen molar-refractivity contribution in [3.8, 4) is 0 Å². The number of carbonyl (C=O) groups excluding carboxylic acids is 2. The largest absolute Gasteiger partial charge is 0.465 e. The Kier molecular flexibility index (Phi) is 6.38. The Labute approximate surface area is 161 Å². The minimum atomic E-state index is -0.481. The predicted octanol–water partition coefficient (Wildman–Crippen LogP) is 1.82. The summed E-state index contributed by atoms with van der Waals surface area (Å²) in [5.41, 5.74) is -0.0334. The van der Waals surface area contributed by atoms with E-state index in [1.807, 2.05) is 32.6 Å². The maximum Gasteiger partial charge on any atom is 0.348 e. The molecule has 8 nitrogen and oxygen atoms in total. The highest BCUT2D eigenvalue weighted by atomic mass is 32.1. The van der Waals surface area contributed by atoms with Crippen LogP contribution in [0.4, 0.5) is 0 Å². The van der Waals surface area contributed by atoms with Crippen molar-refractivity contribution in [2.75, 3.05) is 20.2 Å². The molecule has 1 amide bonds. The number of likely N-dealkylation sites (N-methyl/N-ethyl adjacent to an activating group) is 1. The highest BCUT2D eigenvalue weighted by molar-refractivity contribution is 7.20. The maximum atomic E-state index is 12.5. The van der Waals surface area contributed by atoms with Gasteiger partial charge in [-0.15, -0.1) is 11.3 Å². The molecule has 0 aliphatic rings. The fourth-order valence-corrected chi connectivity index (χ4v) is 3.82. The Morgan fingerprint density at radius 2 is 2.00 bits per heavy atom. The number of hydrogen-bond acceptors (Lipinski definition) is 7. The highest BCUT2D eigenvalue weighted by Crippen LogP contribution is 2.27. The lowest BCUT2D eigenvalue weighted by Gasteiger charge is -2.24. The van der Waals surface area contributed by atoms with E-state index in [9.17, 15) is 14.4 Å². The standard InChI is InChI=1S/C18H26N4O4S/c1-7-22(9-12(23)21-18(3,4)5)8-11-19-15(24)13-10(2)14(17(25)26-6)27-16(13)20-11/h7-9H2,1-6H3,(H,21,23)(H,19,20,24). The first-order valence-corrected chi connectivity index (χ1v) is 9.51. The van der Waals surface area contributed by atoms with Crippen molar-refractivity contribution < 1.29 is 14.3 Å². The summed E-state index contributed by atoms with van der Waals surface area (Å²) < 4.78 is 4.76. The van der Waals surface area contributed by atoms with Gasteiger partial charge in [-0.25, -0.2) is 9.78 Å². The van der Waals surface area contributed by atoms with Gasteiger partial charge < -0.3 is 15.0 Å². The molecular weight excluding hydrogens is 368 g/mol. The lowest BCUT2D eigenvalue weighted by Crippen LogP contribution is -2.45. The normalized spacial score (nSPS) is 11.8. The van der Waals surface area contributed by atoms with Gasteiger partial charge in [-0.05, 0) is 39.8 Å². The number of nitrogens with one attached hydrogen (secondary N) is 2. The molecule has 27 heavy (non-hydrogen) atoms. The number of aryl methyl sites for hydroxylation is 1. The van der Waals surface area contributed by atoms with Crippen molar-refractivity contribution >= 4 is 33.4 Å². The lowest BCUT2D eigenvalue weighted by molar-refractivity contribution is -0.123. The molecule has 2 heterocycles. The van der Waals surface area contributed by atoms with Gasteiger partial charge in [0.25, 0.3) is 5.56 Å². The SMILES string of the molecule is CCN(CC(=O)NC(C)(C)C)Cc1nc2sc(C(=O)OC)c(C)c2c(=O)[nH]1. The van der Waals surface area contributed by atoms with Gasteiger partial charge in [0.05, 0.1) is 25.6 Å². The molecular formula is C18H26N4O4S. The average molecular weight is 394 g/mol. The molecule has 0 unspecified atom stereocenters. The monoisotopic (exact) mass is 394 g/mol. The molecule has 0 aromatic carbocycles. The second kappa shape index (κ2) is 8.18. The van der Waals surface area contributed by atoms with E-state index < -0.39 is 5.97 Å². The number of nitrogens with zero attached hydrogens (tertiary/aromatic N) is 2. The van der Waals surface area contributed by atoms with E-state index in [1.54, 1.807) is 6.92 Å². The molecule has 2 aromatic heterocycles. The van der Waals surface area contributed by atoms with Gasteiger partial charge in [-0.3, -0.25) is 14.5 Å². The van der Waals surface area contributed by atoms with Crippen molar-refractivity contribution in [2.24, 2.45) is 0 Å². The number of ether oxygens (including phenoxy) is 1. The highest BCUT2D eigenvalue weighted by Gasteiger charge is 2.21. The molecule has 0 radical (unpaired) electrons. The van der Waals surface area contributed by atoms with Crippen molar-refractivity contribution in [1.29, 1.82) is 0 Å². The summed E-state index contributed by atoms with van der Waals surface area (Å²) in [7, 11) is 1.30. The fourth-order valence-electron chi connectivity index (χ4n) is 2.70. The summed E-state index contributed by atoms with van der Waals surface area (Å²) in [6.07, 6.45) is 0. The minimum absolute atomic E-state index is 0.0901. The third kappa shape index (κ3) is 5.14. The quantitative estimate of drug-likeness (QED) is 0.724. The summed E-state index contributed by atoms with van der Waals surface area (Å²) in [6.45, 7) is 10.6. The number of methoxy groups -OCH3 is 1. The Hall–Kier alpha value is -2.26. The first kappa shape index (κ1) is 21.0. The molecule has 0 aliphatic heterocycles. The van der Waals surface area contributed by atoms with Crippen LogP contribution < -0.4 is 10.9 Å². The van der Waals surface area contributed by atoms with Crippen LogP contribution in [0.15, 0.2) is 4.79 Å². The number of carbonyl (C=O) groups is 2. The first-order valence-electron chi connectivity index (χ1n) is 8.69. The van der Waals surface area contributed by atoms with Gasteiger partial charge in [0.2, 0.25) is 5.91 Å². The van der Waals surface area contributed by atoms with Gasteiger partial charge in [0, 0.05) is 5.54 Å². The summed E-state index contributed by atoms with van der Waals surface area (Å²) in [4.78, 5) is 46.5. The number of rotatable bonds is 6. The van der Waals surface area contributed by atoms with Gasteiger partial charge in [-0.1, -0.05) is 6.92 Å². The Bertz CT molecular complexity index is 910. The van der Waals surface area contributed by atoms with Crippen LogP contribution in [0.2, 0.25) is 0 Å². The van der Waals surface area contributed by atoms with Crippen LogP contribution in [0.5, 0.6) is 0 Å². The van der Waals surface area contributed by atoms with E-state index in [1.165, 1.54) is 7.11 Å². The molecule has 9 heteroatoms. The molecule has 148 valence electrons. The molecule has 0 atom stereocenters. The molecule has 0 aliphatic carbocycles. The van der Waals surface area contributed by atoms with Crippen molar-refractivity contribution in [1.82, 2.24) is 20.2 Å². The lowest BCUT2D eigenvalue weighted by atomic mass is 10.1. The van der Waals surface area contributed by atoms with E-state index in [0.717, 1.165) is 11.3 Å². The maximum absolute atomic E-state index is 12.5. The summed E-state index contributed by atoms with van der Waals surface area (Å²) in [5, 5.41) is 3.32. The summed E-state index contributed by atoms with van der Waals surface area (Å²) in [5.74, 6) is -0.117. The first-order chi connectivity index (χ1) is 12.6. The number of thiophene rings is 1. The van der Waals surface area contributed by atoms with E-state index in [0.29, 0.717) is 39.6 Å². The summed E-state index contributed by atoms with van der Waals surface area (Å²) in [6, 6.07) is 0. The Morgan fingerprint density at radius 1 is 1.33 bits per heavy atom. The van der Waals surface area contributed by atoms with E-state index in [2.05, 4.69) is 15.3 Å². The van der Waals surface area contributed by atoms with Crippen molar-refractivity contribution in [2.45, 2.75) is 46.7 Å². The van der Waals surface area contributed by atoms with Crippen LogP contribution in [-0.4, -0.2) is 52.5 Å². The Balaban J connectivity index is 2.26. The van der Waals surface area contributed by atoms with E-state index >= 15 is 0 Å². The topological polar surface area (TPSA) is 104 Å². The summed E-state index contributed by atoms with van der Waals surface area (Å²) >= 11 is 1.14. The van der Waals surface area contributed by atoms with E-state index in [-0.39, 0.29) is 23.6 Å². The van der Waals surface area contributed by atoms with Gasteiger partial charge in [0.15, 0.2) is 0 Å². The third-order valence-corrected chi connectivity index (χ3v) is 5.09. The smallest absolute Gasteiger partial charge is 0.348 e. The number of amides is 1. The van der Waals surface area contributed by atoms with E-state index in [4.69, 9.17) is 4.74 Å². The zero-order valence-corrected chi connectivity index (χ0v) is 17.4. The van der Waals surface area contributed by atoms with Crippen LogP contribution in [0, 0.1) is 6.92 Å². The number of hydrogen-bond donors (Lipinski definition) is 2. The average Bonchev–Trinajstić information content (AvgIpc) is 2.88. The Morgan fingerprint density at radius 3 is 2.56 bits per heavy atom. The molecule has 0 saturated heterocycles. The second-order valence-electron chi connectivity index (χ2n) is 7.34. The van der Waals surface area contributed by atoms with Crippen LogP contribution in [-0.2, 0) is 16.1 Å². The molecule has 2 rings (SSSR count). The number of esters is 1. The van der Waals surface area contributed by atoms with Crippen LogP contribution in [0.1, 0.15) is 48.8 Å².